The summed E-state index contributed by atoms with van der Waals surface area (Å²) in [6.45, 7) is 4.47. The molecule has 2 heterocycles. The molecule has 0 unspecified atom stereocenters. The van der Waals surface area contributed by atoms with Gasteiger partial charge in [0.1, 0.15) is 6.33 Å². The molecule has 0 aliphatic rings. The van der Waals surface area contributed by atoms with Gasteiger partial charge in [0, 0.05) is 6.54 Å². The number of allylic oxidation sites excluding steroid dienone is 1. The van der Waals surface area contributed by atoms with Crippen molar-refractivity contribution in [3.63, 3.8) is 0 Å². The Morgan fingerprint density at radius 2 is 1.78 bits per heavy atom. The predicted octanol–water partition coefficient (Wildman–Crippen LogP) is 3.31. The molecule has 2 aromatic carbocycles. The lowest BCUT2D eigenvalue weighted by molar-refractivity contribution is 0.765. The fraction of sp³-hybridized carbons (Fsp3) is 0.143. The highest BCUT2D eigenvalue weighted by molar-refractivity contribution is 5.70. The fourth-order valence-corrected chi connectivity index (χ4v) is 3.09. The number of aromatic nitrogens is 5. The van der Waals surface area contributed by atoms with Gasteiger partial charge in [0.05, 0.1) is 5.69 Å². The molecule has 0 spiro atoms. The molecule has 0 fully saturated rings. The van der Waals surface area contributed by atoms with Gasteiger partial charge in [0.15, 0.2) is 11.2 Å². The van der Waals surface area contributed by atoms with Crippen LogP contribution in [0.1, 0.15) is 16.7 Å². The summed E-state index contributed by atoms with van der Waals surface area (Å²) < 4.78 is 3.14. The number of nitrogens with zero attached hydrogens (tertiary/aromatic N) is 5. The van der Waals surface area contributed by atoms with E-state index in [1.807, 2.05) is 68.5 Å². The summed E-state index contributed by atoms with van der Waals surface area (Å²) in [5, 5.41) is 8.22. The summed E-state index contributed by atoms with van der Waals surface area (Å²) in [5.41, 5.74) is 4.71. The largest absolute Gasteiger partial charge is 0.293 e. The summed E-state index contributed by atoms with van der Waals surface area (Å²) in [5.74, 6) is 0. The van der Waals surface area contributed by atoms with Gasteiger partial charge in [0.25, 0.3) is 5.56 Å². The first-order chi connectivity index (χ1) is 13.1. The van der Waals surface area contributed by atoms with Gasteiger partial charge in [-0.3, -0.25) is 9.36 Å². The van der Waals surface area contributed by atoms with Crippen LogP contribution >= 0.6 is 0 Å². The minimum atomic E-state index is -0.201. The lowest BCUT2D eigenvalue weighted by Crippen LogP contribution is -2.20. The molecule has 0 saturated heterocycles. The highest BCUT2D eigenvalue weighted by atomic mass is 16.1. The van der Waals surface area contributed by atoms with E-state index in [1.54, 1.807) is 11.0 Å². The molecule has 0 bridgehead atoms. The Balaban J connectivity index is 1.67. The van der Waals surface area contributed by atoms with E-state index in [0.29, 0.717) is 12.2 Å². The number of hydrogen-bond acceptors (Lipinski definition) is 4. The predicted molar refractivity (Wildman–Crippen MR) is 106 cm³/mol. The van der Waals surface area contributed by atoms with Crippen LogP contribution in [0.25, 0.3) is 22.9 Å². The van der Waals surface area contributed by atoms with Crippen LogP contribution in [0.4, 0.5) is 0 Å². The van der Waals surface area contributed by atoms with Gasteiger partial charge in [-0.25, -0.2) is 4.98 Å². The Morgan fingerprint density at radius 3 is 2.52 bits per heavy atom. The van der Waals surface area contributed by atoms with Crippen LogP contribution in [0.5, 0.6) is 0 Å². The van der Waals surface area contributed by atoms with E-state index in [1.165, 1.54) is 4.57 Å². The minimum absolute atomic E-state index is 0.201. The molecule has 0 N–H and O–H groups in total. The molecule has 4 rings (SSSR count). The van der Waals surface area contributed by atoms with Crippen LogP contribution in [0.3, 0.4) is 0 Å². The monoisotopic (exact) mass is 357 g/mol. The maximum Gasteiger partial charge on any atom is 0.283 e. The summed E-state index contributed by atoms with van der Waals surface area (Å²) in [4.78, 5) is 17.2. The molecular formula is C21H19N5O. The van der Waals surface area contributed by atoms with Crippen molar-refractivity contribution in [2.45, 2.75) is 20.4 Å². The second-order valence-electron chi connectivity index (χ2n) is 6.53. The molecule has 0 aliphatic carbocycles. The van der Waals surface area contributed by atoms with Crippen molar-refractivity contribution in [1.82, 2.24) is 24.5 Å². The third kappa shape index (κ3) is 3.42. The van der Waals surface area contributed by atoms with E-state index in [-0.39, 0.29) is 11.1 Å². The van der Waals surface area contributed by atoms with E-state index in [4.69, 9.17) is 0 Å². The van der Waals surface area contributed by atoms with E-state index < -0.39 is 0 Å². The van der Waals surface area contributed by atoms with E-state index >= 15 is 0 Å². The zero-order valence-electron chi connectivity index (χ0n) is 15.2. The first kappa shape index (κ1) is 16.9. The van der Waals surface area contributed by atoms with Crippen molar-refractivity contribution in [2.24, 2.45) is 0 Å². The second-order valence-corrected chi connectivity index (χ2v) is 6.53. The maximum absolute atomic E-state index is 12.7. The number of rotatable bonds is 4. The van der Waals surface area contributed by atoms with Crippen LogP contribution in [-0.2, 0) is 6.54 Å². The normalized spacial score (nSPS) is 11.5. The van der Waals surface area contributed by atoms with Crippen LogP contribution < -0.4 is 5.56 Å². The number of fused-ring (bicyclic) bond motifs is 1. The summed E-state index contributed by atoms with van der Waals surface area (Å²) in [6, 6.07) is 16.0. The molecule has 0 saturated carbocycles. The molecule has 6 heteroatoms. The topological polar surface area (TPSA) is 65.6 Å². The SMILES string of the molecule is Cc1cc(C)cc(-n2nnc3c(=O)n(C/C=C/c4ccccc4)cnc32)c1. The smallest absolute Gasteiger partial charge is 0.283 e. The third-order valence-electron chi connectivity index (χ3n) is 4.29. The zero-order valence-corrected chi connectivity index (χ0v) is 15.2. The third-order valence-corrected chi connectivity index (χ3v) is 4.29. The van der Waals surface area contributed by atoms with Crippen LogP contribution in [0, 0.1) is 13.8 Å². The molecule has 2 aromatic heterocycles. The van der Waals surface area contributed by atoms with Crippen molar-refractivity contribution in [3.8, 4) is 5.69 Å². The summed E-state index contributed by atoms with van der Waals surface area (Å²) >= 11 is 0. The van der Waals surface area contributed by atoms with E-state index in [9.17, 15) is 4.79 Å². The van der Waals surface area contributed by atoms with Crippen LogP contribution in [0.15, 0.2) is 65.7 Å². The molecule has 134 valence electrons. The number of hydrogen-bond donors (Lipinski definition) is 0. The Morgan fingerprint density at radius 1 is 1.04 bits per heavy atom. The molecule has 0 radical (unpaired) electrons. The number of benzene rings is 2. The first-order valence-electron chi connectivity index (χ1n) is 8.73. The van der Waals surface area contributed by atoms with Gasteiger partial charge in [-0.15, -0.1) is 5.10 Å². The van der Waals surface area contributed by atoms with Gasteiger partial charge < -0.3 is 0 Å². The van der Waals surface area contributed by atoms with Gasteiger partial charge >= 0.3 is 0 Å². The lowest BCUT2D eigenvalue weighted by atomic mass is 10.1. The molecule has 27 heavy (non-hydrogen) atoms. The second kappa shape index (κ2) is 6.99. The number of aryl methyl sites for hydroxylation is 2. The molecule has 0 atom stereocenters. The standard InChI is InChI=1S/C21H19N5O/c1-15-11-16(2)13-18(12-15)26-20-19(23-24-26)21(27)25(14-22-20)10-6-9-17-7-4-3-5-8-17/h3-9,11-14H,10H2,1-2H3/b9-6+. The quantitative estimate of drug-likeness (QED) is 0.562. The Hall–Kier alpha value is -3.54. The van der Waals surface area contributed by atoms with Crippen LogP contribution in [0.2, 0.25) is 0 Å². The van der Waals surface area contributed by atoms with Crippen molar-refractivity contribution < 1.29 is 0 Å². The van der Waals surface area contributed by atoms with Gasteiger partial charge in [-0.1, -0.05) is 53.8 Å². The van der Waals surface area contributed by atoms with Crippen molar-refractivity contribution in [3.05, 3.63) is 88.0 Å². The summed E-state index contributed by atoms with van der Waals surface area (Å²) in [6.07, 6.45) is 5.45. The lowest BCUT2D eigenvalue weighted by Gasteiger charge is -2.05. The Kier molecular flexibility index (Phi) is 4.38. The molecule has 0 amide bonds. The molecule has 4 aromatic rings. The van der Waals surface area contributed by atoms with Gasteiger partial charge in [-0.2, -0.15) is 4.68 Å². The highest BCUT2D eigenvalue weighted by Crippen LogP contribution is 2.15. The van der Waals surface area contributed by atoms with Crippen LogP contribution in [-0.4, -0.2) is 24.5 Å². The van der Waals surface area contributed by atoms with Crippen molar-refractivity contribution in [2.75, 3.05) is 0 Å². The molecule has 0 aliphatic heterocycles. The Labute approximate surface area is 156 Å². The van der Waals surface area contributed by atoms with Crippen molar-refractivity contribution >= 4 is 17.2 Å². The zero-order chi connectivity index (χ0) is 18.8. The van der Waals surface area contributed by atoms with Gasteiger partial charge in [0.2, 0.25) is 0 Å². The average Bonchev–Trinajstić information content (AvgIpc) is 3.09. The first-order valence-corrected chi connectivity index (χ1v) is 8.73. The van der Waals surface area contributed by atoms with E-state index in [2.05, 4.69) is 21.4 Å². The summed E-state index contributed by atoms with van der Waals surface area (Å²) in [7, 11) is 0. The molecule has 6 nitrogen and oxygen atoms in total. The van der Waals surface area contributed by atoms with Crippen molar-refractivity contribution in [1.29, 1.82) is 0 Å². The Bertz CT molecular complexity index is 1170. The highest BCUT2D eigenvalue weighted by Gasteiger charge is 2.13. The van der Waals surface area contributed by atoms with Gasteiger partial charge in [-0.05, 0) is 42.7 Å². The molecular weight excluding hydrogens is 338 g/mol. The van der Waals surface area contributed by atoms with E-state index in [0.717, 1.165) is 22.4 Å². The average molecular weight is 357 g/mol. The maximum atomic E-state index is 12.7. The minimum Gasteiger partial charge on any atom is -0.293 e. The fourth-order valence-electron chi connectivity index (χ4n) is 3.09.